The van der Waals surface area contributed by atoms with Crippen LogP contribution in [0.25, 0.3) is 11.0 Å². The summed E-state index contributed by atoms with van der Waals surface area (Å²) in [5.74, 6) is -3.45. The Kier molecular flexibility index (Phi) is 5.75. The lowest BCUT2D eigenvalue weighted by Gasteiger charge is -2.37. The van der Waals surface area contributed by atoms with Crippen LogP contribution in [0.4, 0.5) is 38.4 Å². The van der Waals surface area contributed by atoms with Gasteiger partial charge in [-0.05, 0) is 13.0 Å². The molecule has 2 aromatic heterocycles. The molecular weight excluding hydrogens is 467 g/mol. The number of fused-ring (bicyclic) bond motifs is 1. The molecule has 1 saturated heterocycles. The van der Waals surface area contributed by atoms with Crippen molar-refractivity contribution < 1.29 is 36.0 Å². The summed E-state index contributed by atoms with van der Waals surface area (Å²) in [4.78, 5) is 33.0. The Labute approximate surface area is 188 Å². The molecule has 0 spiro atoms. The van der Waals surface area contributed by atoms with Crippen LogP contribution in [0.3, 0.4) is 0 Å². The molecule has 1 aliphatic heterocycles. The van der Waals surface area contributed by atoms with Gasteiger partial charge in [0, 0.05) is 30.1 Å². The number of alkyl halides is 3. The van der Waals surface area contributed by atoms with Gasteiger partial charge in [-0.3, -0.25) is 4.79 Å². The molecule has 0 bridgehead atoms. The highest BCUT2D eigenvalue weighted by Gasteiger charge is 2.45. The van der Waals surface area contributed by atoms with E-state index in [9.17, 15) is 31.5 Å². The fraction of sp³-hybridized carbons (Fsp3) is 0.300. The zero-order valence-electron chi connectivity index (χ0n) is 17.4. The number of anilines is 2. The maximum Gasteiger partial charge on any atom is 0.416 e. The Hall–Kier alpha value is -3.97. The highest BCUT2D eigenvalue weighted by Crippen LogP contribution is 2.39. The highest BCUT2D eigenvalue weighted by molar-refractivity contribution is 5.89. The number of urea groups is 1. The molecule has 1 unspecified atom stereocenters. The van der Waals surface area contributed by atoms with Crippen LogP contribution in [0.5, 0.6) is 0 Å². The molecule has 4 rings (SSSR count). The largest absolute Gasteiger partial charge is 0.455 e. The fourth-order valence-electron chi connectivity index (χ4n) is 3.50. The lowest BCUT2D eigenvalue weighted by atomic mass is 10.0. The van der Waals surface area contributed by atoms with Crippen molar-refractivity contribution in [2.75, 3.05) is 23.3 Å². The van der Waals surface area contributed by atoms with Gasteiger partial charge in [0.1, 0.15) is 11.6 Å². The second-order valence-electron chi connectivity index (χ2n) is 7.70. The minimum atomic E-state index is -5.01. The van der Waals surface area contributed by atoms with Gasteiger partial charge in [-0.2, -0.15) is 13.2 Å². The summed E-state index contributed by atoms with van der Waals surface area (Å²) in [5, 5.41) is 3.72. The van der Waals surface area contributed by atoms with E-state index in [2.05, 4.69) is 15.3 Å². The van der Waals surface area contributed by atoms with Crippen LogP contribution < -0.4 is 21.3 Å². The number of hydrogen-bond donors (Lipinski definition) is 3. The maximum atomic E-state index is 14.0. The third-order valence-corrected chi connectivity index (χ3v) is 5.32. The predicted octanol–water partition coefficient (Wildman–Crippen LogP) is 3.16. The molecule has 0 aliphatic carbocycles. The van der Waals surface area contributed by atoms with Gasteiger partial charge in [0.25, 0.3) is 0 Å². The molecular formula is C20H17F5N6O3. The number of aromatic nitrogens is 2. The second-order valence-corrected chi connectivity index (χ2v) is 7.70. The lowest BCUT2D eigenvalue weighted by molar-refractivity contribution is -0.158. The van der Waals surface area contributed by atoms with Crippen LogP contribution in [0, 0.1) is 24.5 Å². The molecule has 1 aromatic carbocycles. The molecule has 1 aliphatic rings. The second kappa shape index (κ2) is 8.43. The van der Waals surface area contributed by atoms with Crippen molar-refractivity contribution in [3.05, 3.63) is 47.5 Å². The topological polar surface area (TPSA) is 126 Å². The first-order chi connectivity index (χ1) is 15.9. The Morgan fingerprint density at radius 1 is 1.21 bits per heavy atom. The number of nitrogens with one attached hydrogen (secondary N) is 2. The Morgan fingerprint density at radius 3 is 2.44 bits per heavy atom. The van der Waals surface area contributed by atoms with E-state index in [1.807, 2.05) is 0 Å². The van der Waals surface area contributed by atoms with Crippen molar-refractivity contribution in [2.45, 2.75) is 19.1 Å². The summed E-state index contributed by atoms with van der Waals surface area (Å²) in [6.45, 7) is 1.86. The number of aryl methyl sites for hydroxylation is 1. The molecule has 180 valence electrons. The first-order valence-corrected chi connectivity index (χ1v) is 9.82. The predicted molar refractivity (Wildman–Crippen MR) is 109 cm³/mol. The van der Waals surface area contributed by atoms with E-state index >= 15 is 0 Å². The number of amides is 3. The number of nitrogens with zero attached hydrogens (tertiary/aromatic N) is 3. The SMILES string of the molecule is Cc1c(C(NC(=O)Nc2cnc(N3CC(C(N)=O)C3)nc2)C(F)(F)F)oc2c(F)cc(F)cc12. The van der Waals surface area contributed by atoms with Crippen molar-refractivity contribution in [3.63, 3.8) is 0 Å². The number of primary amides is 1. The van der Waals surface area contributed by atoms with E-state index in [0.29, 0.717) is 19.2 Å². The molecule has 3 heterocycles. The van der Waals surface area contributed by atoms with E-state index in [1.54, 1.807) is 10.2 Å². The highest BCUT2D eigenvalue weighted by atomic mass is 19.4. The first kappa shape index (κ1) is 23.2. The average Bonchev–Trinajstić information content (AvgIpc) is 3.02. The summed E-state index contributed by atoms with van der Waals surface area (Å²) < 4.78 is 73.7. The molecule has 3 amide bonds. The summed E-state index contributed by atoms with van der Waals surface area (Å²) in [6, 6.07) is -2.58. The van der Waals surface area contributed by atoms with Crippen molar-refractivity contribution in [2.24, 2.45) is 11.7 Å². The van der Waals surface area contributed by atoms with Crippen LogP contribution in [0.2, 0.25) is 0 Å². The van der Waals surface area contributed by atoms with E-state index in [4.69, 9.17) is 10.2 Å². The van der Waals surface area contributed by atoms with Gasteiger partial charge in [-0.25, -0.2) is 23.5 Å². The summed E-state index contributed by atoms with van der Waals surface area (Å²) in [7, 11) is 0. The van der Waals surface area contributed by atoms with Gasteiger partial charge in [-0.15, -0.1) is 0 Å². The summed E-state index contributed by atoms with van der Waals surface area (Å²) in [5.41, 5.74) is 4.45. The number of halogens is 5. The Morgan fingerprint density at radius 2 is 1.85 bits per heavy atom. The molecule has 3 aromatic rings. The number of carbonyl (C=O) groups is 2. The minimum absolute atomic E-state index is 0.0106. The molecule has 9 nitrogen and oxygen atoms in total. The zero-order chi connectivity index (χ0) is 24.8. The molecule has 34 heavy (non-hydrogen) atoms. The standard InChI is InChI=1S/C20H17F5N6O3/c1-8-12-2-10(21)3-13(22)15(12)34-14(8)16(20(23,24)25)30-19(33)29-11-4-27-18(28-5-11)31-6-9(7-31)17(26)32/h2-5,9,16H,6-7H2,1H3,(H2,26,32)(H2,29,30,33). The molecule has 4 N–H and O–H groups in total. The van der Waals surface area contributed by atoms with Crippen molar-refractivity contribution >= 4 is 34.5 Å². The number of furan rings is 1. The normalized spacial score (nSPS) is 15.2. The van der Waals surface area contributed by atoms with Crippen molar-refractivity contribution in [1.29, 1.82) is 0 Å². The molecule has 1 atom stereocenters. The molecule has 14 heteroatoms. The minimum Gasteiger partial charge on any atom is -0.455 e. The van der Waals surface area contributed by atoms with Crippen LogP contribution in [0.1, 0.15) is 17.4 Å². The smallest absolute Gasteiger partial charge is 0.416 e. The maximum absolute atomic E-state index is 14.0. The molecule has 0 radical (unpaired) electrons. The van der Waals surface area contributed by atoms with Gasteiger partial charge < -0.3 is 25.7 Å². The average molecular weight is 484 g/mol. The van der Waals surface area contributed by atoms with Crippen LogP contribution >= 0.6 is 0 Å². The number of carbonyl (C=O) groups excluding carboxylic acids is 2. The molecule has 0 saturated carbocycles. The van der Waals surface area contributed by atoms with Crippen LogP contribution in [-0.2, 0) is 4.79 Å². The number of rotatable bonds is 5. The molecule has 1 fully saturated rings. The monoisotopic (exact) mass is 484 g/mol. The number of nitrogens with two attached hydrogens (primary N) is 1. The van der Waals surface area contributed by atoms with Gasteiger partial charge >= 0.3 is 12.2 Å². The van der Waals surface area contributed by atoms with Gasteiger partial charge in [0.05, 0.1) is 24.0 Å². The summed E-state index contributed by atoms with van der Waals surface area (Å²) >= 11 is 0. The van der Waals surface area contributed by atoms with E-state index in [-0.39, 0.29) is 28.5 Å². The van der Waals surface area contributed by atoms with Gasteiger partial charge in [0.2, 0.25) is 11.9 Å². The summed E-state index contributed by atoms with van der Waals surface area (Å²) in [6.07, 6.45) is -2.67. The van der Waals surface area contributed by atoms with E-state index in [0.717, 1.165) is 6.07 Å². The first-order valence-electron chi connectivity index (χ1n) is 9.82. The van der Waals surface area contributed by atoms with Crippen molar-refractivity contribution in [1.82, 2.24) is 15.3 Å². The zero-order valence-corrected chi connectivity index (χ0v) is 17.4. The lowest BCUT2D eigenvalue weighted by Crippen LogP contribution is -2.53. The van der Waals surface area contributed by atoms with Gasteiger partial charge in [-0.1, -0.05) is 0 Å². The van der Waals surface area contributed by atoms with E-state index < -0.39 is 47.1 Å². The van der Waals surface area contributed by atoms with E-state index in [1.165, 1.54) is 19.3 Å². The van der Waals surface area contributed by atoms with Crippen LogP contribution in [0.15, 0.2) is 28.9 Å². The third kappa shape index (κ3) is 4.43. The van der Waals surface area contributed by atoms with Gasteiger partial charge in [0.15, 0.2) is 17.4 Å². The van der Waals surface area contributed by atoms with Crippen LogP contribution in [-0.4, -0.2) is 41.2 Å². The number of hydrogen-bond acceptors (Lipinski definition) is 6. The van der Waals surface area contributed by atoms with Crippen molar-refractivity contribution in [3.8, 4) is 0 Å². The quantitative estimate of drug-likeness (QED) is 0.478. The third-order valence-electron chi connectivity index (χ3n) is 5.32. The number of benzene rings is 1. The Bertz CT molecular complexity index is 1250. The fourth-order valence-corrected chi connectivity index (χ4v) is 3.50. The Balaban J connectivity index is 1.49.